The Kier molecular flexibility index (Phi) is 5.72. The van der Waals surface area contributed by atoms with E-state index in [1.54, 1.807) is 0 Å². The molecule has 78 valence electrons. The smallest absolute Gasteiger partial charge is 0.0230 e. The Hall–Kier alpha value is -0.470. The molecule has 1 aromatic carbocycles. The number of unbranched alkanes of at least 4 members (excludes halogenated alkanes) is 1. The molecule has 1 rings (SSSR count). The third-order valence-electron chi connectivity index (χ3n) is 2.09. The van der Waals surface area contributed by atoms with E-state index in [1.807, 2.05) is 11.9 Å². The first-order valence-corrected chi connectivity index (χ1v) is 6.12. The average Bonchev–Trinajstić information content (AvgIpc) is 2.25. The van der Waals surface area contributed by atoms with E-state index in [4.69, 9.17) is 0 Å². The summed E-state index contributed by atoms with van der Waals surface area (Å²) in [5.41, 5.74) is 0. The van der Waals surface area contributed by atoms with Gasteiger partial charge in [-0.25, -0.2) is 4.31 Å². The monoisotopic (exact) mass is 209 g/mol. The van der Waals surface area contributed by atoms with Gasteiger partial charge in [-0.15, -0.1) is 0 Å². The molecule has 0 amide bonds. The van der Waals surface area contributed by atoms with Crippen LogP contribution in [0.3, 0.4) is 0 Å². The summed E-state index contributed by atoms with van der Waals surface area (Å²) < 4.78 is 2.42. The zero-order valence-electron chi connectivity index (χ0n) is 9.07. The molecule has 0 fully saturated rings. The molecule has 0 aliphatic carbocycles. The molecule has 1 aromatic rings. The van der Waals surface area contributed by atoms with Crippen LogP contribution in [0.25, 0.3) is 0 Å². The average molecular weight is 209 g/mol. The molecule has 0 spiro atoms. The van der Waals surface area contributed by atoms with Crippen molar-refractivity contribution < 1.29 is 0 Å². The van der Waals surface area contributed by atoms with Gasteiger partial charge in [0.1, 0.15) is 0 Å². The van der Waals surface area contributed by atoms with Gasteiger partial charge in [0.25, 0.3) is 0 Å². The first-order valence-electron chi connectivity index (χ1n) is 5.34. The molecule has 0 N–H and O–H groups in total. The molecule has 0 heterocycles. The lowest BCUT2D eigenvalue weighted by Gasteiger charge is -2.18. The summed E-state index contributed by atoms with van der Waals surface area (Å²) in [7, 11) is 0. The molecule has 0 aromatic heterocycles. The van der Waals surface area contributed by atoms with Crippen molar-refractivity contribution in [3.63, 3.8) is 0 Å². The standard InChI is InChI=1S/C12H19NS/c1-3-5-11-13(4-2)14-12-9-7-6-8-10-12/h6-10H,3-5,11H2,1-2H3. The molecule has 0 bridgehead atoms. The van der Waals surface area contributed by atoms with Crippen LogP contribution in [0.15, 0.2) is 35.2 Å². The lowest BCUT2D eigenvalue weighted by molar-refractivity contribution is 0.479. The van der Waals surface area contributed by atoms with Gasteiger partial charge in [0.2, 0.25) is 0 Å². The first kappa shape index (κ1) is 11.6. The lowest BCUT2D eigenvalue weighted by atomic mass is 10.3. The normalized spacial score (nSPS) is 10.8. The Morgan fingerprint density at radius 2 is 1.86 bits per heavy atom. The topological polar surface area (TPSA) is 3.24 Å². The molecule has 0 atom stereocenters. The highest BCUT2D eigenvalue weighted by Crippen LogP contribution is 2.21. The largest absolute Gasteiger partial charge is 0.247 e. The van der Waals surface area contributed by atoms with Gasteiger partial charge >= 0.3 is 0 Å². The van der Waals surface area contributed by atoms with Crippen LogP contribution in [0.1, 0.15) is 26.7 Å². The fourth-order valence-corrected chi connectivity index (χ4v) is 2.16. The van der Waals surface area contributed by atoms with Crippen molar-refractivity contribution in [1.29, 1.82) is 0 Å². The Morgan fingerprint density at radius 1 is 1.14 bits per heavy atom. The van der Waals surface area contributed by atoms with Crippen LogP contribution in [0, 0.1) is 0 Å². The van der Waals surface area contributed by atoms with Gasteiger partial charge in [-0.05, 0) is 30.5 Å². The highest BCUT2D eigenvalue weighted by molar-refractivity contribution is 7.97. The van der Waals surface area contributed by atoms with E-state index in [9.17, 15) is 0 Å². The summed E-state index contributed by atoms with van der Waals surface area (Å²) in [6, 6.07) is 10.6. The van der Waals surface area contributed by atoms with Gasteiger partial charge in [0.05, 0.1) is 0 Å². The minimum absolute atomic E-state index is 1.11. The molecule has 2 heteroatoms. The van der Waals surface area contributed by atoms with Crippen LogP contribution in [0.2, 0.25) is 0 Å². The maximum atomic E-state index is 2.42. The van der Waals surface area contributed by atoms with E-state index in [0.717, 1.165) is 6.54 Å². The molecule has 0 aliphatic heterocycles. The quantitative estimate of drug-likeness (QED) is 0.655. The summed E-state index contributed by atoms with van der Waals surface area (Å²) in [6.45, 7) is 6.75. The zero-order chi connectivity index (χ0) is 10.2. The number of benzene rings is 1. The van der Waals surface area contributed by atoms with Crippen molar-refractivity contribution >= 4 is 11.9 Å². The molecular formula is C12H19NS. The molecule has 0 radical (unpaired) electrons. The van der Waals surface area contributed by atoms with E-state index in [2.05, 4.69) is 48.5 Å². The van der Waals surface area contributed by atoms with Gasteiger partial charge in [0, 0.05) is 18.0 Å². The zero-order valence-corrected chi connectivity index (χ0v) is 9.89. The van der Waals surface area contributed by atoms with Crippen molar-refractivity contribution in [1.82, 2.24) is 4.31 Å². The van der Waals surface area contributed by atoms with E-state index >= 15 is 0 Å². The Morgan fingerprint density at radius 3 is 2.43 bits per heavy atom. The van der Waals surface area contributed by atoms with Crippen LogP contribution < -0.4 is 0 Å². The van der Waals surface area contributed by atoms with Crippen molar-refractivity contribution in [2.45, 2.75) is 31.6 Å². The van der Waals surface area contributed by atoms with Gasteiger partial charge in [-0.2, -0.15) is 0 Å². The second-order valence-corrected chi connectivity index (χ2v) is 4.45. The van der Waals surface area contributed by atoms with Crippen LogP contribution >= 0.6 is 11.9 Å². The van der Waals surface area contributed by atoms with Crippen LogP contribution in [0.5, 0.6) is 0 Å². The van der Waals surface area contributed by atoms with Crippen molar-refractivity contribution in [3.8, 4) is 0 Å². The first-order chi connectivity index (χ1) is 6.86. The van der Waals surface area contributed by atoms with Crippen molar-refractivity contribution in [2.75, 3.05) is 13.1 Å². The van der Waals surface area contributed by atoms with Crippen molar-refractivity contribution in [3.05, 3.63) is 30.3 Å². The highest BCUT2D eigenvalue weighted by Gasteiger charge is 2.02. The molecule has 1 nitrogen and oxygen atoms in total. The molecule has 14 heavy (non-hydrogen) atoms. The van der Waals surface area contributed by atoms with Gasteiger partial charge in [0.15, 0.2) is 0 Å². The number of rotatable bonds is 6. The van der Waals surface area contributed by atoms with E-state index < -0.39 is 0 Å². The lowest BCUT2D eigenvalue weighted by Crippen LogP contribution is -2.15. The predicted molar refractivity (Wildman–Crippen MR) is 64.5 cm³/mol. The molecule has 0 aliphatic rings. The van der Waals surface area contributed by atoms with Crippen LogP contribution in [0.4, 0.5) is 0 Å². The minimum atomic E-state index is 1.11. The molecule has 0 unspecified atom stereocenters. The third-order valence-corrected chi connectivity index (χ3v) is 3.27. The van der Waals surface area contributed by atoms with E-state index in [1.165, 1.54) is 24.3 Å². The number of nitrogens with zero attached hydrogens (tertiary/aromatic N) is 1. The maximum absolute atomic E-state index is 2.42. The van der Waals surface area contributed by atoms with E-state index in [0.29, 0.717) is 0 Å². The SMILES string of the molecule is CCCCN(CC)Sc1ccccc1. The summed E-state index contributed by atoms with van der Waals surface area (Å²) >= 11 is 1.86. The summed E-state index contributed by atoms with van der Waals surface area (Å²) in [5, 5.41) is 0. The maximum Gasteiger partial charge on any atom is 0.0230 e. The molecule has 0 saturated heterocycles. The fourth-order valence-electron chi connectivity index (χ4n) is 1.23. The molecule has 0 saturated carbocycles. The van der Waals surface area contributed by atoms with Crippen LogP contribution in [-0.2, 0) is 0 Å². The van der Waals surface area contributed by atoms with Crippen molar-refractivity contribution in [2.24, 2.45) is 0 Å². The Balaban J connectivity index is 2.40. The fraction of sp³-hybridized carbons (Fsp3) is 0.500. The van der Waals surface area contributed by atoms with E-state index in [-0.39, 0.29) is 0 Å². The summed E-state index contributed by atoms with van der Waals surface area (Å²) in [5.74, 6) is 0. The molecular weight excluding hydrogens is 190 g/mol. The third kappa shape index (κ3) is 4.16. The van der Waals surface area contributed by atoms with Gasteiger partial charge in [-0.1, -0.05) is 38.5 Å². The Bertz CT molecular complexity index is 235. The number of hydrogen-bond acceptors (Lipinski definition) is 2. The van der Waals surface area contributed by atoms with Gasteiger partial charge in [-0.3, -0.25) is 0 Å². The summed E-state index contributed by atoms with van der Waals surface area (Å²) in [4.78, 5) is 1.34. The minimum Gasteiger partial charge on any atom is -0.247 e. The second kappa shape index (κ2) is 6.91. The predicted octanol–water partition coefficient (Wildman–Crippen LogP) is 3.82. The number of hydrogen-bond donors (Lipinski definition) is 0. The van der Waals surface area contributed by atoms with Crippen LogP contribution in [-0.4, -0.2) is 17.4 Å². The summed E-state index contributed by atoms with van der Waals surface area (Å²) in [6.07, 6.45) is 2.56. The second-order valence-electron chi connectivity index (χ2n) is 3.28. The Labute approximate surface area is 91.6 Å². The highest BCUT2D eigenvalue weighted by atomic mass is 32.2. The van der Waals surface area contributed by atoms with Gasteiger partial charge < -0.3 is 0 Å².